The van der Waals surface area contributed by atoms with Gasteiger partial charge < -0.3 is 4.57 Å². The molecule has 20 heavy (non-hydrogen) atoms. The Balaban J connectivity index is 1.93. The normalized spacial score (nSPS) is 11.1. The molecule has 2 heterocycles. The largest absolute Gasteiger partial charge is 0.327 e. The lowest BCUT2D eigenvalue weighted by Gasteiger charge is -2.07. The molecule has 3 nitrogen and oxygen atoms in total. The molecule has 0 spiro atoms. The minimum Gasteiger partial charge on any atom is -0.327 e. The zero-order chi connectivity index (χ0) is 13.9. The van der Waals surface area contributed by atoms with E-state index < -0.39 is 0 Å². The summed E-state index contributed by atoms with van der Waals surface area (Å²) in [5.74, 6) is 1.35. The van der Waals surface area contributed by atoms with E-state index in [0.717, 1.165) is 29.8 Å². The van der Waals surface area contributed by atoms with Crippen molar-refractivity contribution < 1.29 is 0 Å². The number of fused-ring (bicyclic) bond motifs is 1. The van der Waals surface area contributed by atoms with Gasteiger partial charge in [-0.1, -0.05) is 6.07 Å². The second-order valence-electron chi connectivity index (χ2n) is 4.56. The maximum atomic E-state index is 6.03. The molecule has 5 heteroatoms. The average Bonchev–Trinajstić information content (AvgIpc) is 2.83. The zero-order valence-electron chi connectivity index (χ0n) is 10.8. The molecule has 2 aromatic heterocycles. The number of halogens is 2. The van der Waals surface area contributed by atoms with E-state index in [4.69, 9.17) is 11.6 Å². The van der Waals surface area contributed by atoms with Crippen LogP contribution >= 0.6 is 34.2 Å². The SMILES string of the molecule is ClCc1nc2cc(I)ccc2n1CCc1cccnc1. The van der Waals surface area contributed by atoms with Crippen LogP contribution in [0.5, 0.6) is 0 Å². The molecule has 0 fully saturated rings. The van der Waals surface area contributed by atoms with Gasteiger partial charge in [0, 0.05) is 22.5 Å². The van der Waals surface area contributed by atoms with E-state index in [0.29, 0.717) is 5.88 Å². The van der Waals surface area contributed by atoms with Gasteiger partial charge in [0.15, 0.2) is 0 Å². The fourth-order valence-electron chi connectivity index (χ4n) is 2.29. The molecule has 0 aliphatic carbocycles. The Hall–Kier alpha value is -1.14. The van der Waals surface area contributed by atoms with Crippen molar-refractivity contribution in [2.75, 3.05) is 0 Å². The Morgan fingerprint density at radius 1 is 1.25 bits per heavy atom. The molecule has 3 aromatic rings. The van der Waals surface area contributed by atoms with Crippen molar-refractivity contribution in [2.24, 2.45) is 0 Å². The molecular weight excluding hydrogens is 385 g/mol. The Bertz CT molecular complexity index is 725. The first kappa shape index (κ1) is 13.8. The third-order valence-corrected chi connectivity index (χ3v) is 4.17. The Morgan fingerprint density at radius 3 is 2.90 bits per heavy atom. The first-order valence-corrected chi connectivity index (χ1v) is 7.99. The molecule has 0 radical (unpaired) electrons. The first-order chi connectivity index (χ1) is 9.78. The topological polar surface area (TPSA) is 30.7 Å². The maximum Gasteiger partial charge on any atom is 0.124 e. The van der Waals surface area contributed by atoms with Gasteiger partial charge in [0.2, 0.25) is 0 Å². The van der Waals surface area contributed by atoms with Gasteiger partial charge in [-0.3, -0.25) is 4.98 Å². The number of hydrogen-bond acceptors (Lipinski definition) is 2. The van der Waals surface area contributed by atoms with Gasteiger partial charge in [0.25, 0.3) is 0 Å². The standard InChI is InChI=1S/C15H13ClIN3/c16-9-15-19-13-8-12(17)3-4-14(13)20(15)7-5-11-2-1-6-18-10-11/h1-4,6,8,10H,5,7,9H2. The van der Waals surface area contributed by atoms with Gasteiger partial charge in [0.05, 0.1) is 16.9 Å². The van der Waals surface area contributed by atoms with E-state index in [-0.39, 0.29) is 0 Å². The molecule has 1 aromatic carbocycles. The van der Waals surface area contributed by atoms with E-state index in [2.05, 4.69) is 61.4 Å². The van der Waals surface area contributed by atoms with Gasteiger partial charge in [-0.25, -0.2) is 4.98 Å². The summed E-state index contributed by atoms with van der Waals surface area (Å²) in [6, 6.07) is 10.4. The molecule has 0 aliphatic rings. The van der Waals surface area contributed by atoms with Crippen molar-refractivity contribution in [2.45, 2.75) is 18.8 Å². The van der Waals surface area contributed by atoms with Crippen LogP contribution in [0.2, 0.25) is 0 Å². The molecule has 0 N–H and O–H groups in total. The van der Waals surface area contributed by atoms with Crippen LogP contribution < -0.4 is 0 Å². The van der Waals surface area contributed by atoms with Crippen LogP contribution in [-0.2, 0) is 18.8 Å². The second-order valence-corrected chi connectivity index (χ2v) is 6.07. The summed E-state index contributed by atoms with van der Waals surface area (Å²) < 4.78 is 3.39. The van der Waals surface area contributed by atoms with Gasteiger partial charge in [0.1, 0.15) is 5.82 Å². The number of nitrogens with zero attached hydrogens (tertiary/aromatic N) is 3. The average molecular weight is 398 g/mol. The highest BCUT2D eigenvalue weighted by Gasteiger charge is 2.10. The number of aromatic nitrogens is 3. The lowest BCUT2D eigenvalue weighted by atomic mass is 10.2. The molecule has 0 amide bonds. The summed E-state index contributed by atoms with van der Waals surface area (Å²) in [6.07, 6.45) is 4.62. The van der Waals surface area contributed by atoms with Crippen molar-refractivity contribution in [1.82, 2.24) is 14.5 Å². The number of pyridine rings is 1. The number of alkyl halides is 1. The zero-order valence-corrected chi connectivity index (χ0v) is 13.7. The fourth-order valence-corrected chi connectivity index (χ4v) is 2.97. The first-order valence-electron chi connectivity index (χ1n) is 6.37. The second kappa shape index (κ2) is 6.10. The van der Waals surface area contributed by atoms with Crippen molar-refractivity contribution in [3.63, 3.8) is 0 Å². The molecule has 0 aliphatic heterocycles. The van der Waals surface area contributed by atoms with Gasteiger partial charge in [-0.15, -0.1) is 11.6 Å². The lowest BCUT2D eigenvalue weighted by Crippen LogP contribution is -2.05. The summed E-state index contributed by atoms with van der Waals surface area (Å²) in [4.78, 5) is 8.76. The van der Waals surface area contributed by atoms with Gasteiger partial charge in [-0.2, -0.15) is 0 Å². The highest BCUT2D eigenvalue weighted by molar-refractivity contribution is 14.1. The molecule has 0 saturated carbocycles. The fraction of sp³-hybridized carbons (Fsp3) is 0.200. The Morgan fingerprint density at radius 2 is 2.15 bits per heavy atom. The summed E-state index contributed by atoms with van der Waals surface area (Å²) in [5, 5.41) is 0. The van der Waals surface area contributed by atoms with Crippen LogP contribution in [0.15, 0.2) is 42.7 Å². The molecular formula is C15H13ClIN3. The van der Waals surface area contributed by atoms with Crippen molar-refractivity contribution in [3.8, 4) is 0 Å². The Labute approximate surface area is 136 Å². The number of benzene rings is 1. The monoisotopic (exact) mass is 397 g/mol. The number of aryl methyl sites for hydroxylation is 2. The minimum absolute atomic E-state index is 0.429. The number of rotatable bonds is 4. The smallest absolute Gasteiger partial charge is 0.124 e. The Kier molecular flexibility index (Phi) is 4.21. The van der Waals surface area contributed by atoms with Crippen molar-refractivity contribution in [1.29, 1.82) is 0 Å². The molecule has 3 rings (SSSR count). The van der Waals surface area contributed by atoms with Crippen LogP contribution in [-0.4, -0.2) is 14.5 Å². The summed E-state index contributed by atoms with van der Waals surface area (Å²) in [6.45, 7) is 0.866. The van der Waals surface area contributed by atoms with E-state index in [9.17, 15) is 0 Å². The molecule has 0 unspecified atom stereocenters. The van der Waals surface area contributed by atoms with Crippen LogP contribution in [0.4, 0.5) is 0 Å². The third kappa shape index (κ3) is 2.81. The molecule has 0 saturated heterocycles. The number of hydrogen-bond donors (Lipinski definition) is 0. The van der Waals surface area contributed by atoms with E-state index in [1.165, 1.54) is 9.13 Å². The maximum absolute atomic E-state index is 6.03. The van der Waals surface area contributed by atoms with Gasteiger partial charge in [-0.05, 0) is 58.8 Å². The van der Waals surface area contributed by atoms with Crippen LogP contribution in [0.1, 0.15) is 11.4 Å². The number of imidazole rings is 1. The van der Waals surface area contributed by atoms with Crippen LogP contribution in [0.25, 0.3) is 11.0 Å². The predicted octanol–water partition coefficient (Wildman–Crippen LogP) is 4.02. The molecule has 0 atom stereocenters. The minimum atomic E-state index is 0.429. The summed E-state index contributed by atoms with van der Waals surface area (Å²) >= 11 is 8.33. The predicted molar refractivity (Wildman–Crippen MR) is 89.9 cm³/mol. The van der Waals surface area contributed by atoms with Crippen molar-refractivity contribution in [3.05, 3.63) is 57.7 Å². The van der Waals surface area contributed by atoms with Crippen LogP contribution in [0, 0.1) is 3.57 Å². The van der Waals surface area contributed by atoms with E-state index in [1.54, 1.807) is 6.20 Å². The summed E-state index contributed by atoms with van der Waals surface area (Å²) in [7, 11) is 0. The molecule has 102 valence electrons. The highest BCUT2D eigenvalue weighted by Crippen LogP contribution is 2.20. The quantitative estimate of drug-likeness (QED) is 0.492. The highest BCUT2D eigenvalue weighted by atomic mass is 127. The third-order valence-electron chi connectivity index (χ3n) is 3.26. The van der Waals surface area contributed by atoms with E-state index in [1.807, 2.05) is 12.3 Å². The van der Waals surface area contributed by atoms with Crippen molar-refractivity contribution >= 4 is 45.2 Å². The van der Waals surface area contributed by atoms with Gasteiger partial charge >= 0.3 is 0 Å². The molecule has 0 bridgehead atoms. The summed E-state index contributed by atoms with van der Waals surface area (Å²) in [5.41, 5.74) is 3.38. The van der Waals surface area contributed by atoms with E-state index >= 15 is 0 Å². The lowest BCUT2D eigenvalue weighted by molar-refractivity contribution is 0.686. The van der Waals surface area contributed by atoms with Crippen LogP contribution in [0.3, 0.4) is 0 Å².